The third-order valence-electron chi connectivity index (χ3n) is 2.65. The topological polar surface area (TPSA) is 75.7 Å². The maximum Gasteiger partial charge on any atom is 0.316 e. The highest BCUT2D eigenvalue weighted by molar-refractivity contribution is 6.62. The van der Waals surface area contributed by atoms with Crippen molar-refractivity contribution in [3.05, 3.63) is 35.9 Å². The number of benzene rings is 1. The van der Waals surface area contributed by atoms with Crippen LogP contribution in [0.4, 0.5) is 4.79 Å². The van der Waals surface area contributed by atoms with Gasteiger partial charge >= 0.3 is 11.3 Å². The minimum atomic E-state index is -0.400. The van der Waals surface area contributed by atoms with Crippen LogP contribution < -0.4 is 5.32 Å². The van der Waals surface area contributed by atoms with Gasteiger partial charge in [-0.25, -0.2) is 0 Å². The van der Waals surface area contributed by atoms with E-state index in [1.54, 1.807) is 31.3 Å². The lowest BCUT2D eigenvalue weighted by atomic mass is 10.2. The molecule has 0 aliphatic heterocycles. The van der Waals surface area contributed by atoms with E-state index in [9.17, 15) is 14.4 Å². The molecule has 1 aromatic carbocycles. The quantitative estimate of drug-likeness (QED) is 0.511. The third-order valence-corrected chi connectivity index (χ3v) is 2.94. The standard InChI is InChI=1S/C11H13NO3.C4H8ClNO/c1-15-10(13)7-8-12-11(14)9-5-3-2-4-6-9;1-3-6(2)4(5)7/h2-6H,7-8H2,1H3,(H,12,14);3H2,1-2H3. The zero-order valence-electron chi connectivity index (χ0n) is 13.0. The van der Waals surface area contributed by atoms with E-state index in [4.69, 9.17) is 11.6 Å². The first-order chi connectivity index (χ1) is 10.4. The number of hydrogen-bond donors (Lipinski definition) is 1. The molecule has 122 valence electrons. The van der Waals surface area contributed by atoms with Crippen LogP contribution in [-0.2, 0) is 9.53 Å². The second-order valence-corrected chi connectivity index (χ2v) is 4.54. The number of carbonyl (C=O) groups excluding carboxylic acids is 3. The molecule has 0 aliphatic carbocycles. The van der Waals surface area contributed by atoms with E-state index in [1.165, 1.54) is 12.0 Å². The van der Waals surface area contributed by atoms with Crippen LogP contribution in [0.2, 0.25) is 0 Å². The number of hydrogen-bond acceptors (Lipinski definition) is 4. The lowest BCUT2D eigenvalue weighted by Crippen LogP contribution is -2.26. The van der Waals surface area contributed by atoms with Crippen molar-refractivity contribution in [2.75, 3.05) is 27.2 Å². The van der Waals surface area contributed by atoms with Gasteiger partial charge in [-0.15, -0.1) is 0 Å². The molecule has 6 nitrogen and oxygen atoms in total. The molecule has 0 radical (unpaired) electrons. The monoisotopic (exact) mass is 328 g/mol. The maximum absolute atomic E-state index is 11.5. The highest BCUT2D eigenvalue weighted by atomic mass is 35.5. The number of rotatable bonds is 5. The van der Waals surface area contributed by atoms with Gasteiger partial charge in [0.25, 0.3) is 5.91 Å². The summed E-state index contributed by atoms with van der Waals surface area (Å²) in [6.07, 6.45) is 0.190. The summed E-state index contributed by atoms with van der Waals surface area (Å²) in [6.45, 7) is 2.82. The van der Waals surface area contributed by atoms with Crippen molar-refractivity contribution in [2.24, 2.45) is 0 Å². The average Bonchev–Trinajstić information content (AvgIpc) is 2.54. The predicted molar refractivity (Wildman–Crippen MR) is 85.0 cm³/mol. The Kier molecular flexibility index (Phi) is 10.5. The molecule has 0 unspecified atom stereocenters. The van der Waals surface area contributed by atoms with Crippen molar-refractivity contribution in [1.29, 1.82) is 0 Å². The van der Waals surface area contributed by atoms with Gasteiger partial charge in [-0.2, -0.15) is 0 Å². The van der Waals surface area contributed by atoms with Crippen LogP contribution in [0, 0.1) is 0 Å². The number of nitrogens with zero attached hydrogens (tertiary/aromatic N) is 1. The van der Waals surface area contributed by atoms with E-state index in [0.717, 1.165) is 0 Å². The number of carbonyl (C=O) groups is 3. The molecule has 0 aromatic heterocycles. The second kappa shape index (κ2) is 11.6. The Labute approximate surface area is 135 Å². The van der Waals surface area contributed by atoms with Crippen LogP contribution in [-0.4, -0.2) is 49.4 Å². The van der Waals surface area contributed by atoms with Crippen LogP contribution >= 0.6 is 11.6 Å². The van der Waals surface area contributed by atoms with Gasteiger partial charge < -0.3 is 15.0 Å². The number of halogens is 1. The molecule has 0 atom stereocenters. The number of nitrogens with one attached hydrogen (secondary N) is 1. The molecule has 0 bridgehead atoms. The van der Waals surface area contributed by atoms with Gasteiger partial charge in [0.1, 0.15) is 0 Å². The normalized spacial score (nSPS) is 9.09. The Balaban J connectivity index is 0.000000534. The zero-order chi connectivity index (χ0) is 17.0. The molecule has 1 aromatic rings. The predicted octanol–water partition coefficient (Wildman–Crippen LogP) is 2.28. The highest BCUT2D eigenvalue weighted by Crippen LogP contribution is 1.97. The van der Waals surface area contributed by atoms with Crippen molar-refractivity contribution in [3.8, 4) is 0 Å². The van der Waals surface area contributed by atoms with E-state index in [0.29, 0.717) is 18.7 Å². The maximum atomic E-state index is 11.5. The molecule has 1 rings (SSSR count). The lowest BCUT2D eigenvalue weighted by molar-refractivity contribution is -0.140. The average molecular weight is 329 g/mol. The van der Waals surface area contributed by atoms with Crippen molar-refractivity contribution < 1.29 is 19.1 Å². The van der Waals surface area contributed by atoms with E-state index in [1.807, 2.05) is 13.0 Å². The Morgan fingerprint density at radius 3 is 2.23 bits per heavy atom. The molecule has 0 aliphatic rings. The summed E-state index contributed by atoms with van der Waals surface area (Å²) in [4.78, 5) is 33.7. The Morgan fingerprint density at radius 2 is 1.82 bits per heavy atom. The van der Waals surface area contributed by atoms with Crippen LogP contribution in [0.3, 0.4) is 0 Å². The molecule has 0 saturated heterocycles. The molecule has 7 heteroatoms. The smallest absolute Gasteiger partial charge is 0.316 e. The summed E-state index contributed by atoms with van der Waals surface area (Å²) in [7, 11) is 2.97. The zero-order valence-corrected chi connectivity index (χ0v) is 13.7. The second-order valence-electron chi connectivity index (χ2n) is 4.22. The molecule has 0 spiro atoms. The molecule has 0 fully saturated rings. The van der Waals surface area contributed by atoms with Gasteiger partial charge in [-0.05, 0) is 30.7 Å². The van der Waals surface area contributed by atoms with Crippen LogP contribution in [0.1, 0.15) is 23.7 Å². The van der Waals surface area contributed by atoms with Gasteiger partial charge in [-0.1, -0.05) is 18.2 Å². The third kappa shape index (κ3) is 8.97. The number of esters is 1. The molecule has 0 heterocycles. The van der Waals surface area contributed by atoms with Gasteiger partial charge in [0.15, 0.2) is 0 Å². The Morgan fingerprint density at radius 1 is 1.23 bits per heavy atom. The van der Waals surface area contributed by atoms with E-state index in [-0.39, 0.29) is 18.3 Å². The summed E-state index contributed by atoms with van der Waals surface area (Å²) < 4.78 is 4.45. The minimum absolute atomic E-state index is 0.181. The Bertz CT molecular complexity index is 480. The highest BCUT2D eigenvalue weighted by Gasteiger charge is 2.05. The van der Waals surface area contributed by atoms with Gasteiger partial charge in [0, 0.05) is 25.7 Å². The fraction of sp³-hybridized carbons (Fsp3) is 0.400. The van der Waals surface area contributed by atoms with E-state index < -0.39 is 5.37 Å². The fourth-order valence-corrected chi connectivity index (χ4v) is 1.32. The Hall–Kier alpha value is -2.08. The summed E-state index contributed by atoms with van der Waals surface area (Å²) in [5, 5.41) is 2.22. The van der Waals surface area contributed by atoms with Crippen molar-refractivity contribution in [1.82, 2.24) is 10.2 Å². The van der Waals surface area contributed by atoms with Gasteiger partial charge in [0.2, 0.25) is 0 Å². The summed E-state index contributed by atoms with van der Waals surface area (Å²) in [5.74, 6) is -0.511. The van der Waals surface area contributed by atoms with Gasteiger partial charge in [0.05, 0.1) is 13.5 Å². The first-order valence-electron chi connectivity index (χ1n) is 6.73. The molecular weight excluding hydrogens is 308 g/mol. The van der Waals surface area contributed by atoms with Crippen LogP contribution in [0.15, 0.2) is 30.3 Å². The number of amides is 2. The largest absolute Gasteiger partial charge is 0.469 e. The van der Waals surface area contributed by atoms with Crippen molar-refractivity contribution in [2.45, 2.75) is 13.3 Å². The molecule has 1 N–H and O–H groups in total. The van der Waals surface area contributed by atoms with Gasteiger partial charge in [-0.3, -0.25) is 14.4 Å². The first kappa shape index (κ1) is 19.9. The summed E-state index contributed by atoms with van der Waals surface area (Å²) >= 11 is 5.02. The minimum Gasteiger partial charge on any atom is -0.469 e. The molecule has 22 heavy (non-hydrogen) atoms. The SMILES string of the molecule is CCN(C)C(=O)Cl.COC(=O)CCNC(=O)c1ccccc1. The van der Waals surface area contributed by atoms with Crippen molar-refractivity contribution in [3.63, 3.8) is 0 Å². The van der Waals surface area contributed by atoms with E-state index in [2.05, 4.69) is 10.1 Å². The van der Waals surface area contributed by atoms with Crippen LogP contribution in [0.5, 0.6) is 0 Å². The fourth-order valence-electron chi connectivity index (χ4n) is 1.20. The van der Waals surface area contributed by atoms with E-state index >= 15 is 0 Å². The lowest BCUT2D eigenvalue weighted by Gasteiger charge is -2.06. The number of methoxy groups -OCH3 is 1. The summed E-state index contributed by atoms with van der Waals surface area (Å²) in [5.41, 5.74) is 0.586. The molecular formula is C15H21ClN2O4. The number of ether oxygens (including phenoxy) is 1. The van der Waals surface area contributed by atoms with Crippen molar-refractivity contribution >= 4 is 28.8 Å². The first-order valence-corrected chi connectivity index (χ1v) is 7.10. The molecule has 2 amide bonds. The molecule has 0 saturated carbocycles. The van der Waals surface area contributed by atoms with Crippen LogP contribution in [0.25, 0.3) is 0 Å². The summed E-state index contributed by atoms with van der Waals surface area (Å²) in [6, 6.07) is 8.84.